The van der Waals surface area contributed by atoms with Gasteiger partial charge in [-0.05, 0) is 12.3 Å². The van der Waals surface area contributed by atoms with Gasteiger partial charge in [-0.25, -0.2) is 9.78 Å². The molecule has 15 heavy (non-hydrogen) atoms. The molecule has 1 N–H and O–H groups in total. The first-order valence-electron chi connectivity index (χ1n) is 5.20. The summed E-state index contributed by atoms with van der Waals surface area (Å²) in [5.74, 6) is -0.000734. The van der Waals surface area contributed by atoms with E-state index in [1.165, 1.54) is 0 Å². The lowest BCUT2D eigenvalue weighted by molar-refractivity contribution is 0.0657. The molecule has 1 unspecified atom stereocenters. The molecule has 0 saturated heterocycles. The van der Waals surface area contributed by atoms with Crippen LogP contribution in [0.4, 0.5) is 0 Å². The standard InChI is InChI=1S/C11H17NO3/c1-5-8-9(11(13)14)15-10(12-8)7(4)6(2)3/h6-7H,5H2,1-4H3,(H,13,14). The Labute approximate surface area is 89.3 Å². The van der Waals surface area contributed by atoms with E-state index in [0.29, 0.717) is 23.9 Å². The highest BCUT2D eigenvalue weighted by molar-refractivity contribution is 5.85. The van der Waals surface area contributed by atoms with Gasteiger partial charge in [-0.15, -0.1) is 0 Å². The van der Waals surface area contributed by atoms with Crippen LogP contribution in [0.5, 0.6) is 0 Å². The zero-order valence-corrected chi connectivity index (χ0v) is 9.57. The fourth-order valence-corrected chi connectivity index (χ4v) is 1.26. The lowest BCUT2D eigenvalue weighted by Crippen LogP contribution is -2.02. The Morgan fingerprint density at radius 2 is 2.07 bits per heavy atom. The van der Waals surface area contributed by atoms with Gasteiger partial charge in [0.15, 0.2) is 5.89 Å². The van der Waals surface area contributed by atoms with Gasteiger partial charge in [0.1, 0.15) is 0 Å². The Morgan fingerprint density at radius 3 is 2.40 bits per heavy atom. The number of aromatic nitrogens is 1. The molecule has 0 saturated carbocycles. The van der Waals surface area contributed by atoms with E-state index in [1.54, 1.807) is 0 Å². The van der Waals surface area contributed by atoms with Gasteiger partial charge in [0.2, 0.25) is 5.76 Å². The highest BCUT2D eigenvalue weighted by Gasteiger charge is 2.22. The summed E-state index contributed by atoms with van der Waals surface area (Å²) >= 11 is 0. The first-order chi connectivity index (χ1) is 6.97. The highest BCUT2D eigenvalue weighted by Crippen LogP contribution is 2.25. The molecule has 0 bridgehead atoms. The summed E-state index contributed by atoms with van der Waals surface area (Å²) in [6.45, 7) is 7.97. The van der Waals surface area contributed by atoms with E-state index in [4.69, 9.17) is 9.52 Å². The smallest absolute Gasteiger partial charge is 0.373 e. The van der Waals surface area contributed by atoms with Gasteiger partial charge in [0.25, 0.3) is 0 Å². The molecule has 0 radical (unpaired) electrons. The number of aryl methyl sites for hydroxylation is 1. The Bertz CT molecular complexity index is 355. The summed E-state index contributed by atoms with van der Waals surface area (Å²) in [7, 11) is 0. The fourth-order valence-electron chi connectivity index (χ4n) is 1.26. The van der Waals surface area contributed by atoms with Gasteiger partial charge in [-0.2, -0.15) is 0 Å². The third-order valence-corrected chi connectivity index (χ3v) is 2.63. The van der Waals surface area contributed by atoms with Crippen LogP contribution in [-0.4, -0.2) is 16.1 Å². The van der Waals surface area contributed by atoms with E-state index in [1.807, 2.05) is 13.8 Å². The van der Waals surface area contributed by atoms with Crippen molar-refractivity contribution in [3.05, 3.63) is 17.3 Å². The van der Waals surface area contributed by atoms with E-state index in [-0.39, 0.29) is 11.7 Å². The van der Waals surface area contributed by atoms with Crippen LogP contribution in [0.15, 0.2) is 4.42 Å². The van der Waals surface area contributed by atoms with Crippen molar-refractivity contribution >= 4 is 5.97 Å². The molecule has 0 aliphatic rings. The van der Waals surface area contributed by atoms with Crippen molar-refractivity contribution in [1.29, 1.82) is 0 Å². The molecule has 1 heterocycles. The molecule has 1 aromatic heterocycles. The molecule has 4 heteroatoms. The summed E-state index contributed by atoms with van der Waals surface area (Å²) in [5.41, 5.74) is 0.532. The van der Waals surface area contributed by atoms with Crippen LogP contribution in [0.2, 0.25) is 0 Å². The van der Waals surface area contributed by atoms with E-state index < -0.39 is 5.97 Å². The van der Waals surface area contributed by atoms with Crippen LogP contribution in [0.1, 0.15) is 55.8 Å². The fraction of sp³-hybridized carbons (Fsp3) is 0.636. The van der Waals surface area contributed by atoms with Crippen LogP contribution in [0.3, 0.4) is 0 Å². The highest BCUT2D eigenvalue weighted by atomic mass is 16.4. The van der Waals surface area contributed by atoms with Gasteiger partial charge in [0.05, 0.1) is 5.69 Å². The number of nitrogens with zero attached hydrogens (tertiary/aromatic N) is 1. The second-order valence-corrected chi connectivity index (χ2v) is 4.02. The van der Waals surface area contributed by atoms with Crippen LogP contribution in [-0.2, 0) is 6.42 Å². The molecule has 0 aliphatic carbocycles. The minimum atomic E-state index is -1.04. The summed E-state index contributed by atoms with van der Waals surface area (Å²) < 4.78 is 5.28. The van der Waals surface area contributed by atoms with Crippen molar-refractivity contribution in [2.75, 3.05) is 0 Å². The minimum Gasteiger partial charge on any atom is -0.475 e. The van der Waals surface area contributed by atoms with Crippen LogP contribution < -0.4 is 0 Å². The number of hydrogen-bond donors (Lipinski definition) is 1. The minimum absolute atomic E-state index is 0.0139. The normalized spacial score (nSPS) is 13.1. The summed E-state index contributed by atoms with van der Waals surface area (Å²) in [6.07, 6.45) is 0.579. The zero-order chi connectivity index (χ0) is 11.6. The van der Waals surface area contributed by atoms with Crippen molar-refractivity contribution in [1.82, 2.24) is 4.98 Å². The van der Waals surface area contributed by atoms with Gasteiger partial charge in [-0.1, -0.05) is 27.7 Å². The topological polar surface area (TPSA) is 63.3 Å². The van der Waals surface area contributed by atoms with Crippen molar-refractivity contribution in [2.24, 2.45) is 5.92 Å². The zero-order valence-electron chi connectivity index (χ0n) is 9.57. The molecule has 0 fully saturated rings. The van der Waals surface area contributed by atoms with E-state index in [0.717, 1.165) is 0 Å². The van der Waals surface area contributed by atoms with E-state index >= 15 is 0 Å². The maximum atomic E-state index is 10.9. The van der Waals surface area contributed by atoms with Crippen LogP contribution in [0, 0.1) is 5.92 Å². The number of carboxylic acids is 1. The van der Waals surface area contributed by atoms with Gasteiger partial charge in [-0.3, -0.25) is 0 Å². The summed E-state index contributed by atoms with van der Waals surface area (Å²) in [4.78, 5) is 15.1. The Morgan fingerprint density at radius 1 is 1.47 bits per heavy atom. The molecule has 4 nitrogen and oxygen atoms in total. The van der Waals surface area contributed by atoms with E-state index in [2.05, 4.69) is 18.8 Å². The summed E-state index contributed by atoms with van der Waals surface area (Å²) in [6, 6.07) is 0. The first-order valence-corrected chi connectivity index (χ1v) is 5.20. The first kappa shape index (κ1) is 11.8. The number of carboxylic acid groups (broad SMARTS) is 1. The number of aromatic carboxylic acids is 1. The quantitative estimate of drug-likeness (QED) is 0.831. The Kier molecular flexibility index (Phi) is 3.50. The van der Waals surface area contributed by atoms with Gasteiger partial charge >= 0.3 is 5.97 Å². The maximum absolute atomic E-state index is 10.9. The van der Waals surface area contributed by atoms with Crippen molar-refractivity contribution in [3.63, 3.8) is 0 Å². The van der Waals surface area contributed by atoms with Crippen molar-refractivity contribution in [3.8, 4) is 0 Å². The third kappa shape index (κ3) is 2.37. The molecule has 1 atom stereocenters. The summed E-state index contributed by atoms with van der Waals surface area (Å²) in [5, 5.41) is 8.90. The second kappa shape index (κ2) is 4.47. The van der Waals surface area contributed by atoms with Crippen LogP contribution in [0.25, 0.3) is 0 Å². The van der Waals surface area contributed by atoms with E-state index in [9.17, 15) is 4.79 Å². The SMILES string of the molecule is CCc1nc(C(C)C(C)C)oc1C(=O)O. The van der Waals surface area contributed by atoms with Gasteiger partial charge < -0.3 is 9.52 Å². The van der Waals surface area contributed by atoms with Crippen molar-refractivity contribution < 1.29 is 14.3 Å². The Balaban J connectivity index is 3.07. The number of rotatable bonds is 4. The third-order valence-electron chi connectivity index (χ3n) is 2.63. The average molecular weight is 211 g/mol. The predicted octanol–water partition coefficient (Wildman–Crippen LogP) is 2.69. The largest absolute Gasteiger partial charge is 0.475 e. The molecule has 84 valence electrons. The lowest BCUT2D eigenvalue weighted by atomic mass is 9.98. The maximum Gasteiger partial charge on any atom is 0.373 e. The molecule has 0 amide bonds. The molecule has 0 aromatic carbocycles. The molecule has 1 aromatic rings. The van der Waals surface area contributed by atoms with Gasteiger partial charge in [0, 0.05) is 5.92 Å². The average Bonchev–Trinajstić information content (AvgIpc) is 2.59. The van der Waals surface area contributed by atoms with Crippen molar-refractivity contribution in [2.45, 2.75) is 40.0 Å². The molecule has 0 aliphatic heterocycles. The molecular formula is C11H17NO3. The molecule has 1 rings (SSSR count). The monoisotopic (exact) mass is 211 g/mol. The number of carbonyl (C=O) groups is 1. The molecular weight excluding hydrogens is 194 g/mol. The lowest BCUT2D eigenvalue weighted by Gasteiger charge is -2.10. The van der Waals surface area contributed by atoms with Crippen LogP contribution >= 0.6 is 0 Å². The predicted molar refractivity (Wildman–Crippen MR) is 56.1 cm³/mol. The number of oxazole rings is 1. The molecule has 0 spiro atoms. The second-order valence-electron chi connectivity index (χ2n) is 4.02. The Hall–Kier alpha value is -1.32. The number of hydrogen-bond acceptors (Lipinski definition) is 3.